The molecule has 0 unspecified atom stereocenters. The lowest BCUT2D eigenvalue weighted by Crippen LogP contribution is -2.36. The van der Waals surface area contributed by atoms with Crippen molar-refractivity contribution in [3.05, 3.63) is 64.9 Å². The second-order valence-electron chi connectivity index (χ2n) is 7.89. The average molecular weight is 392 g/mol. The molecule has 1 aliphatic heterocycles. The van der Waals surface area contributed by atoms with Gasteiger partial charge >= 0.3 is 0 Å². The second kappa shape index (κ2) is 8.29. The molecule has 2 heterocycles. The van der Waals surface area contributed by atoms with E-state index in [1.165, 1.54) is 16.8 Å². The van der Waals surface area contributed by atoms with Crippen molar-refractivity contribution in [1.29, 1.82) is 0 Å². The molecular weight excluding hydrogens is 364 g/mol. The highest BCUT2D eigenvalue weighted by Crippen LogP contribution is 2.25. The van der Waals surface area contributed by atoms with Crippen molar-refractivity contribution in [1.82, 2.24) is 4.90 Å². The minimum absolute atomic E-state index is 0.0863. The number of anilines is 1. The van der Waals surface area contributed by atoms with Gasteiger partial charge in [-0.1, -0.05) is 12.1 Å². The number of likely N-dealkylation sites (N-methyl/N-ethyl adjacent to an activating group) is 1. The van der Waals surface area contributed by atoms with Crippen molar-refractivity contribution in [2.75, 3.05) is 38.3 Å². The van der Waals surface area contributed by atoms with Crippen LogP contribution < -0.4 is 4.90 Å². The van der Waals surface area contributed by atoms with E-state index in [0.717, 1.165) is 48.4 Å². The van der Waals surface area contributed by atoms with Crippen LogP contribution in [0.5, 0.6) is 0 Å². The molecule has 0 N–H and O–H groups in total. The minimum Gasteiger partial charge on any atom is -0.464 e. The standard InChI is InChI=1S/C24H28N2O3/c1-17-12-22-20(16-29-23(22)13-18(17)2)14-24(27)25(3)15-19-4-6-21(7-5-19)26-8-10-28-11-9-26/h4-7,12-13,16H,8-11,14-15H2,1-3H3. The fourth-order valence-electron chi connectivity index (χ4n) is 3.77. The number of fused-ring (bicyclic) bond motifs is 1. The summed E-state index contributed by atoms with van der Waals surface area (Å²) in [6, 6.07) is 12.6. The normalized spacial score (nSPS) is 14.4. The highest BCUT2D eigenvalue weighted by molar-refractivity contribution is 5.88. The maximum absolute atomic E-state index is 12.8. The molecule has 2 aromatic carbocycles. The zero-order valence-electron chi connectivity index (χ0n) is 17.4. The number of carbonyl (C=O) groups excluding carboxylic acids is 1. The molecule has 5 nitrogen and oxygen atoms in total. The Bertz CT molecular complexity index is 1000. The number of ether oxygens (including phenoxy) is 1. The van der Waals surface area contributed by atoms with Crippen molar-refractivity contribution in [2.45, 2.75) is 26.8 Å². The largest absolute Gasteiger partial charge is 0.464 e. The van der Waals surface area contributed by atoms with Gasteiger partial charge in [-0.25, -0.2) is 0 Å². The van der Waals surface area contributed by atoms with Gasteiger partial charge in [-0.2, -0.15) is 0 Å². The number of carbonyl (C=O) groups is 1. The van der Waals surface area contributed by atoms with Gasteiger partial charge in [0.2, 0.25) is 5.91 Å². The second-order valence-corrected chi connectivity index (χ2v) is 7.89. The molecule has 1 aromatic heterocycles. The van der Waals surface area contributed by atoms with Gasteiger partial charge in [-0.3, -0.25) is 4.79 Å². The third-order valence-corrected chi connectivity index (χ3v) is 5.77. The summed E-state index contributed by atoms with van der Waals surface area (Å²) < 4.78 is 11.1. The van der Waals surface area contributed by atoms with Crippen LogP contribution in [0.3, 0.4) is 0 Å². The summed E-state index contributed by atoms with van der Waals surface area (Å²) in [5.74, 6) is 0.0863. The Morgan fingerprint density at radius 2 is 1.76 bits per heavy atom. The molecule has 152 valence electrons. The van der Waals surface area contributed by atoms with Crippen molar-refractivity contribution in [3.63, 3.8) is 0 Å². The van der Waals surface area contributed by atoms with E-state index in [1.54, 1.807) is 11.2 Å². The zero-order valence-corrected chi connectivity index (χ0v) is 17.4. The van der Waals surface area contributed by atoms with Crippen LogP contribution in [0.25, 0.3) is 11.0 Å². The van der Waals surface area contributed by atoms with E-state index in [-0.39, 0.29) is 5.91 Å². The summed E-state index contributed by atoms with van der Waals surface area (Å²) in [5.41, 5.74) is 6.53. The third kappa shape index (κ3) is 4.30. The van der Waals surface area contributed by atoms with Gasteiger partial charge in [0.25, 0.3) is 0 Å². The molecule has 1 fully saturated rings. The van der Waals surface area contributed by atoms with E-state index in [1.807, 2.05) is 13.1 Å². The maximum atomic E-state index is 12.8. The fourth-order valence-corrected chi connectivity index (χ4v) is 3.77. The summed E-state index contributed by atoms with van der Waals surface area (Å²) >= 11 is 0. The molecule has 0 saturated carbocycles. The van der Waals surface area contributed by atoms with Crippen molar-refractivity contribution in [3.8, 4) is 0 Å². The third-order valence-electron chi connectivity index (χ3n) is 5.77. The van der Waals surface area contributed by atoms with Gasteiger partial charge in [-0.15, -0.1) is 0 Å². The summed E-state index contributed by atoms with van der Waals surface area (Å²) in [6.07, 6.45) is 2.06. The molecular formula is C24H28N2O3. The predicted molar refractivity (Wildman–Crippen MR) is 115 cm³/mol. The molecule has 0 radical (unpaired) electrons. The van der Waals surface area contributed by atoms with Crippen LogP contribution in [0, 0.1) is 13.8 Å². The number of rotatable bonds is 5. The van der Waals surface area contributed by atoms with Crippen LogP contribution in [-0.4, -0.2) is 44.2 Å². The smallest absolute Gasteiger partial charge is 0.227 e. The molecule has 29 heavy (non-hydrogen) atoms. The van der Waals surface area contributed by atoms with E-state index in [9.17, 15) is 4.79 Å². The molecule has 0 atom stereocenters. The SMILES string of the molecule is Cc1cc2occ(CC(=O)N(C)Cc3ccc(N4CCOCC4)cc3)c2cc1C. The summed E-state index contributed by atoms with van der Waals surface area (Å²) in [5, 5.41) is 1.03. The van der Waals surface area contributed by atoms with Crippen molar-refractivity contribution < 1.29 is 13.9 Å². The van der Waals surface area contributed by atoms with Crippen LogP contribution >= 0.6 is 0 Å². The first-order chi connectivity index (χ1) is 14.0. The number of hydrogen-bond acceptors (Lipinski definition) is 4. The first-order valence-corrected chi connectivity index (χ1v) is 10.1. The molecule has 0 bridgehead atoms. The van der Waals surface area contributed by atoms with Gasteiger partial charge in [-0.05, 0) is 54.8 Å². The van der Waals surface area contributed by atoms with Crippen molar-refractivity contribution >= 4 is 22.6 Å². The molecule has 5 heteroatoms. The summed E-state index contributed by atoms with van der Waals surface area (Å²) in [7, 11) is 1.86. The first-order valence-electron chi connectivity index (χ1n) is 10.1. The summed E-state index contributed by atoms with van der Waals surface area (Å²) in [6.45, 7) is 8.16. The average Bonchev–Trinajstić information content (AvgIpc) is 3.11. The van der Waals surface area contributed by atoms with Gasteiger partial charge in [0.05, 0.1) is 25.9 Å². The van der Waals surface area contributed by atoms with Crippen LogP contribution in [0.15, 0.2) is 47.1 Å². The van der Waals surface area contributed by atoms with E-state index in [0.29, 0.717) is 13.0 Å². The molecule has 1 aliphatic rings. The number of furan rings is 1. The molecule has 3 aromatic rings. The highest BCUT2D eigenvalue weighted by atomic mass is 16.5. The number of nitrogens with zero attached hydrogens (tertiary/aromatic N) is 2. The predicted octanol–water partition coefficient (Wildman–Crippen LogP) is 4.09. The van der Waals surface area contributed by atoms with Gasteiger partial charge < -0.3 is 19.0 Å². The van der Waals surface area contributed by atoms with Crippen molar-refractivity contribution in [2.24, 2.45) is 0 Å². The van der Waals surface area contributed by atoms with Crippen LogP contribution in [0.4, 0.5) is 5.69 Å². The Labute approximate surface area is 171 Å². The number of benzene rings is 2. The lowest BCUT2D eigenvalue weighted by molar-refractivity contribution is -0.129. The van der Waals surface area contributed by atoms with Crippen LogP contribution in [0.1, 0.15) is 22.3 Å². The fraction of sp³-hybridized carbons (Fsp3) is 0.375. The topological polar surface area (TPSA) is 45.9 Å². The lowest BCUT2D eigenvalue weighted by atomic mass is 10.0. The lowest BCUT2D eigenvalue weighted by Gasteiger charge is -2.29. The Morgan fingerprint density at radius 3 is 2.48 bits per heavy atom. The maximum Gasteiger partial charge on any atom is 0.227 e. The van der Waals surface area contributed by atoms with Crippen LogP contribution in [-0.2, 0) is 22.5 Å². The van der Waals surface area contributed by atoms with Gasteiger partial charge in [0.15, 0.2) is 0 Å². The van der Waals surface area contributed by atoms with E-state index >= 15 is 0 Å². The Hall–Kier alpha value is -2.79. The number of hydrogen-bond donors (Lipinski definition) is 0. The zero-order chi connectivity index (χ0) is 20.4. The van der Waals surface area contributed by atoms with E-state index < -0.39 is 0 Å². The molecule has 0 spiro atoms. The number of amides is 1. The minimum atomic E-state index is 0.0863. The molecule has 1 amide bonds. The molecule has 0 aliphatic carbocycles. The Balaban J connectivity index is 1.40. The highest BCUT2D eigenvalue weighted by Gasteiger charge is 2.16. The van der Waals surface area contributed by atoms with E-state index in [4.69, 9.17) is 9.15 Å². The van der Waals surface area contributed by atoms with Gasteiger partial charge in [0, 0.05) is 43.3 Å². The number of morpholine rings is 1. The summed E-state index contributed by atoms with van der Waals surface area (Å²) in [4.78, 5) is 16.9. The van der Waals surface area contributed by atoms with E-state index in [2.05, 4.69) is 49.1 Å². The molecule has 4 rings (SSSR count). The Kier molecular flexibility index (Phi) is 5.58. The van der Waals surface area contributed by atoms with Gasteiger partial charge in [0.1, 0.15) is 5.58 Å². The first kappa shape index (κ1) is 19.5. The molecule has 1 saturated heterocycles. The Morgan fingerprint density at radius 1 is 1.07 bits per heavy atom. The monoisotopic (exact) mass is 392 g/mol. The quantitative estimate of drug-likeness (QED) is 0.656. The number of aryl methyl sites for hydroxylation is 2. The van der Waals surface area contributed by atoms with Crippen LogP contribution in [0.2, 0.25) is 0 Å².